The summed E-state index contributed by atoms with van der Waals surface area (Å²) < 4.78 is 27.0. The summed E-state index contributed by atoms with van der Waals surface area (Å²) in [7, 11) is 0. The SMILES string of the molecule is Fc1cncc(F)c1-c1c(Cl)cccc1Cl. The van der Waals surface area contributed by atoms with Crippen molar-refractivity contribution >= 4 is 23.2 Å². The molecular formula is C11H5Cl2F2N. The maximum atomic E-state index is 13.5. The van der Waals surface area contributed by atoms with Crippen molar-refractivity contribution in [2.75, 3.05) is 0 Å². The van der Waals surface area contributed by atoms with Crippen molar-refractivity contribution in [3.8, 4) is 11.1 Å². The normalized spacial score (nSPS) is 10.5. The minimum absolute atomic E-state index is 0.142. The average Bonchev–Trinajstić information content (AvgIpc) is 2.21. The van der Waals surface area contributed by atoms with Gasteiger partial charge in [-0.25, -0.2) is 8.78 Å². The highest BCUT2D eigenvalue weighted by Gasteiger charge is 2.17. The van der Waals surface area contributed by atoms with Crippen LogP contribution < -0.4 is 0 Å². The molecule has 1 aromatic heterocycles. The van der Waals surface area contributed by atoms with Crippen LogP contribution in [0.3, 0.4) is 0 Å². The summed E-state index contributed by atoms with van der Waals surface area (Å²) in [5.74, 6) is -1.59. The van der Waals surface area contributed by atoms with E-state index in [1.54, 1.807) is 6.07 Å². The molecule has 16 heavy (non-hydrogen) atoms. The number of hydrogen-bond donors (Lipinski definition) is 0. The highest BCUT2D eigenvalue weighted by Crippen LogP contribution is 2.36. The fraction of sp³-hybridized carbons (Fsp3) is 0. The molecule has 0 aliphatic heterocycles. The van der Waals surface area contributed by atoms with E-state index < -0.39 is 11.6 Å². The van der Waals surface area contributed by atoms with Crippen molar-refractivity contribution in [1.29, 1.82) is 0 Å². The number of rotatable bonds is 1. The van der Waals surface area contributed by atoms with E-state index >= 15 is 0 Å². The molecule has 1 heterocycles. The van der Waals surface area contributed by atoms with Crippen LogP contribution in [0.15, 0.2) is 30.6 Å². The Morgan fingerprint density at radius 1 is 0.875 bits per heavy atom. The van der Waals surface area contributed by atoms with Gasteiger partial charge in [0, 0.05) is 5.56 Å². The fourth-order valence-corrected chi connectivity index (χ4v) is 1.97. The Morgan fingerprint density at radius 2 is 1.38 bits per heavy atom. The van der Waals surface area contributed by atoms with Crippen molar-refractivity contribution in [3.63, 3.8) is 0 Å². The lowest BCUT2D eigenvalue weighted by Gasteiger charge is -2.08. The van der Waals surface area contributed by atoms with Gasteiger partial charge >= 0.3 is 0 Å². The Morgan fingerprint density at radius 3 is 1.88 bits per heavy atom. The van der Waals surface area contributed by atoms with E-state index in [2.05, 4.69) is 4.98 Å². The number of halogens is 4. The molecule has 0 saturated carbocycles. The molecule has 2 aromatic rings. The summed E-state index contributed by atoms with van der Waals surface area (Å²) in [5, 5.41) is 0.382. The van der Waals surface area contributed by atoms with Crippen LogP contribution >= 0.6 is 23.2 Å². The lowest BCUT2D eigenvalue weighted by Crippen LogP contribution is -1.93. The molecular weight excluding hydrogens is 255 g/mol. The van der Waals surface area contributed by atoms with Crippen LogP contribution in [-0.4, -0.2) is 4.98 Å². The number of aromatic nitrogens is 1. The van der Waals surface area contributed by atoms with Crippen LogP contribution in [0, 0.1) is 11.6 Å². The van der Waals surface area contributed by atoms with Crippen molar-refractivity contribution in [1.82, 2.24) is 4.98 Å². The summed E-state index contributed by atoms with van der Waals surface area (Å²) >= 11 is 11.7. The van der Waals surface area contributed by atoms with Crippen LogP contribution in [0.25, 0.3) is 11.1 Å². The predicted octanol–water partition coefficient (Wildman–Crippen LogP) is 4.33. The quantitative estimate of drug-likeness (QED) is 0.743. The molecule has 0 spiro atoms. The maximum Gasteiger partial charge on any atom is 0.152 e. The molecule has 82 valence electrons. The molecule has 0 fully saturated rings. The zero-order valence-corrected chi connectivity index (χ0v) is 9.36. The first-order valence-electron chi connectivity index (χ1n) is 4.34. The minimum Gasteiger partial charge on any atom is -0.259 e. The van der Waals surface area contributed by atoms with Crippen LogP contribution in [0.2, 0.25) is 10.0 Å². The van der Waals surface area contributed by atoms with E-state index in [9.17, 15) is 8.78 Å². The fourth-order valence-electron chi connectivity index (χ4n) is 1.39. The Hall–Kier alpha value is -1.19. The largest absolute Gasteiger partial charge is 0.259 e. The molecule has 0 aliphatic carbocycles. The van der Waals surface area contributed by atoms with Crippen molar-refractivity contribution in [2.45, 2.75) is 0 Å². The smallest absolute Gasteiger partial charge is 0.152 e. The van der Waals surface area contributed by atoms with E-state index in [1.807, 2.05) is 0 Å². The van der Waals surface area contributed by atoms with E-state index in [1.165, 1.54) is 12.1 Å². The van der Waals surface area contributed by atoms with Gasteiger partial charge in [-0.2, -0.15) is 0 Å². The first kappa shape index (κ1) is 11.3. The first-order chi connectivity index (χ1) is 7.61. The van der Waals surface area contributed by atoms with Gasteiger partial charge in [0.25, 0.3) is 0 Å². The highest BCUT2D eigenvalue weighted by atomic mass is 35.5. The van der Waals surface area contributed by atoms with Crippen molar-refractivity contribution in [2.24, 2.45) is 0 Å². The summed E-state index contributed by atoms with van der Waals surface area (Å²) in [6, 6.07) is 4.63. The van der Waals surface area contributed by atoms with E-state index in [4.69, 9.17) is 23.2 Å². The van der Waals surface area contributed by atoms with E-state index in [-0.39, 0.29) is 21.2 Å². The molecule has 0 bridgehead atoms. The summed E-state index contributed by atoms with van der Waals surface area (Å²) in [6.07, 6.45) is 1.83. The highest BCUT2D eigenvalue weighted by molar-refractivity contribution is 6.39. The standard InChI is InChI=1S/C11H5Cl2F2N/c12-6-2-1-3-7(13)10(6)11-8(14)4-16-5-9(11)15/h1-5H. The van der Waals surface area contributed by atoms with Gasteiger partial charge in [-0.1, -0.05) is 29.3 Å². The van der Waals surface area contributed by atoms with Gasteiger partial charge in [-0.3, -0.25) is 4.98 Å². The molecule has 0 N–H and O–H groups in total. The third-order valence-electron chi connectivity index (χ3n) is 2.07. The Balaban J connectivity index is 2.77. The number of hydrogen-bond acceptors (Lipinski definition) is 1. The molecule has 0 amide bonds. The van der Waals surface area contributed by atoms with Crippen LogP contribution in [0.5, 0.6) is 0 Å². The predicted molar refractivity (Wildman–Crippen MR) is 59.6 cm³/mol. The number of benzene rings is 1. The lowest BCUT2D eigenvalue weighted by molar-refractivity contribution is 0.579. The van der Waals surface area contributed by atoms with Gasteiger partial charge < -0.3 is 0 Å². The Labute approximate surface area is 101 Å². The van der Waals surface area contributed by atoms with E-state index in [0.717, 1.165) is 12.4 Å². The Bertz CT molecular complexity index is 454. The van der Waals surface area contributed by atoms with Crippen molar-refractivity contribution < 1.29 is 8.78 Å². The van der Waals surface area contributed by atoms with Gasteiger partial charge in [0.1, 0.15) is 0 Å². The first-order valence-corrected chi connectivity index (χ1v) is 5.10. The second kappa shape index (κ2) is 4.36. The molecule has 0 radical (unpaired) electrons. The minimum atomic E-state index is -0.796. The maximum absolute atomic E-state index is 13.5. The van der Waals surface area contributed by atoms with Crippen molar-refractivity contribution in [3.05, 3.63) is 52.3 Å². The van der Waals surface area contributed by atoms with Gasteiger partial charge in [-0.15, -0.1) is 0 Å². The third kappa shape index (κ3) is 1.88. The average molecular weight is 260 g/mol. The molecule has 5 heteroatoms. The zero-order chi connectivity index (χ0) is 11.7. The summed E-state index contributed by atoms with van der Waals surface area (Å²) in [6.45, 7) is 0. The number of nitrogens with zero attached hydrogens (tertiary/aromatic N) is 1. The second-order valence-corrected chi connectivity index (χ2v) is 3.89. The second-order valence-electron chi connectivity index (χ2n) is 3.07. The van der Waals surface area contributed by atoms with Gasteiger partial charge in [0.15, 0.2) is 11.6 Å². The molecule has 1 nitrogen and oxygen atoms in total. The van der Waals surface area contributed by atoms with Gasteiger partial charge in [-0.05, 0) is 12.1 Å². The van der Waals surface area contributed by atoms with Gasteiger partial charge in [0.2, 0.25) is 0 Å². The summed E-state index contributed by atoms with van der Waals surface area (Å²) in [5.41, 5.74) is -0.117. The molecule has 2 rings (SSSR count). The monoisotopic (exact) mass is 259 g/mol. The molecule has 1 aromatic carbocycles. The number of pyridine rings is 1. The van der Waals surface area contributed by atoms with E-state index in [0.29, 0.717) is 0 Å². The van der Waals surface area contributed by atoms with Gasteiger partial charge in [0.05, 0.1) is 28.0 Å². The topological polar surface area (TPSA) is 12.9 Å². The van der Waals surface area contributed by atoms with Crippen LogP contribution in [0.1, 0.15) is 0 Å². The lowest BCUT2D eigenvalue weighted by atomic mass is 10.1. The van der Waals surface area contributed by atoms with Crippen LogP contribution in [0.4, 0.5) is 8.78 Å². The summed E-state index contributed by atoms with van der Waals surface area (Å²) in [4.78, 5) is 3.39. The molecule has 0 saturated heterocycles. The molecule has 0 atom stereocenters. The molecule has 0 unspecified atom stereocenters. The zero-order valence-electron chi connectivity index (χ0n) is 7.85. The third-order valence-corrected chi connectivity index (χ3v) is 2.70. The Kier molecular flexibility index (Phi) is 3.08. The molecule has 0 aliphatic rings. The van der Waals surface area contributed by atoms with Crippen LogP contribution in [-0.2, 0) is 0 Å².